The van der Waals surface area contributed by atoms with Crippen LogP contribution in [0.5, 0.6) is 0 Å². The maximum Gasteiger partial charge on any atom is 0.167 e. The minimum absolute atomic E-state index is 0.222. The SMILES string of the molecule is O=C1c2cc3cc4ccc3cc2CCC1C12CCC(C1)C1=C2CCCC14. The van der Waals surface area contributed by atoms with Crippen LogP contribution in [0.25, 0.3) is 10.8 Å². The summed E-state index contributed by atoms with van der Waals surface area (Å²) < 4.78 is 0. The molecule has 1 nitrogen and oxygen atoms in total. The Balaban J connectivity index is 1.62. The van der Waals surface area contributed by atoms with Crippen LogP contribution in [0.2, 0.25) is 0 Å². The smallest absolute Gasteiger partial charge is 0.167 e. The summed E-state index contributed by atoms with van der Waals surface area (Å²) in [5.74, 6) is 2.10. The van der Waals surface area contributed by atoms with Gasteiger partial charge in [-0.1, -0.05) is 35.4 Å². The molecule has 5 aliphatic rings. The number of carbonyl (C=O) groups is 1. The molecule has 1 heteroatoms. The van der Waals surface area contributed by atoms with E-state index in [1.807, 2.05) is 0 Å². The van der Waals surface area contributed by atoms with Crippen LogP contribution in [-0.4, -0.2) is 5.78 Å². The molecule has 1 spiro atoms. The Labute approximate surface area is 154 Å². The van der Waals surface area contributed by atoms with E-state index in [1.54, 1.807) is 11.1 Å². The van der Waals surface area contributed by atoms with Gasteiger partial charge in [-0.15, -0.1) is 0 Å². The van der Waals surface area contributed by atoms with Crippen LogP contribution < -0.4 is 0 Å². The molecule has 26 heavy (non-hydrogen) atoms. The second-order valence-corrected chi connectivity index (χ2v) is 9.55. The monoisotopic (exact) mass is 340 g/mol. The summed E-state index contributed by atoms with van der Waals surface area (Å²) in [6.45, 7) is 0. The number of Topliss-reactive ketones (excluding diaryl/α,β-unsaturated/α-hetero) is 1. The van der Waals surface area contributed by atoms with Crippen LogP contribution in [0, 0.1) is 17.3 Å². The first-order valence-electron chi connectivity index (χ1n) is 10.6. The zero-order chi connectivity index (χ0) is 17.0. The molecule has 0 radical (unpaired) electrons. The third-order valence-corrected chi connectivity index (χ3v) is 8.67. The van der Waals surface area contributed by atoms with Gasteiger partial charge in [0.1, 0.15) is 0 Å². The lowest BCUT2D eigenvalue weighted by atomic mass is 9.60. The summed E-state index contributed by atoms with van der Waals surface area (Å²) in [6.07, 6.45) is 9.91. The molecule has 0 heterocycles. The molecule has 0 aliphatic heterocycles. The van der Waals surface area contributed by atoms with Crippen LogP contribution >= 0.6 is 0 Å². The van der Waals surface area contributed by atoms with Crippen molar-refractivity contribution in [2.75, 3.05) is 0 Å². The lowest BCUT2D eigenvalue weighted by Gasteiger charge is -2.43. The molecule has 0 N–H and O–H groups in total. The zero-order valence-electron chi connectivity index (χ0n) is 15.2. The van der Waals surface area contributed by atoms with Gasteiger partial charge in [0.05, 0.1) is 0 Å². The van der Waals surface area contributed by atoms with Gasteiger partial charge >= 0.3 is 0 Å². The molecule has 0 aromatic heterocycles. The predicted octanol–water partition coefficient (Wildman–Crippen LogP) is 5.96. The Hall–Kier alpha value is -1.89. The summed E-state index contributed by atoms with van der Waals surface area (Å²) in [4.78, 5) is 13.7. The molecule has 2 aromatic carbocycles. The molecule has 1 fully saturated rings. The lowest BCUT2D eigenvalue weighted by molar-refractivity contribution is 0.0768. The van der Waals surface area contributed by atoms with Crippen molar-refractivity contribution in [3.63, 3.8) is 0 Å². The van der Waals surface area contributed by atoms with Crippen molar-refractivity contribution in [2.45, 2.75) is 57.3 Å². The van der Waals surface area contributed by atoms with Gasteiger partial charge in [0.25, 0.3) is 0 Å². The standard InChI is InChI=1S/C25H24O/c26-24-20-12-18-11-15-5-4-14(18)10-16(20)6-7-22(24)25-9-8-17(13-25)23-19(15)2-1-3-21(23)25/h4-5,10-12,17,19,22H,1-3,6-9,13H2. The molecule has 5 aliphatic carbocycles. The van der Waals surface area contributed by atoms with Gasteiger partial charge in [0.15, 0.2) is 5.78 Å². The number of carbonyl (C=O) groups excluding carboxylic acids is 1. The van der Waals surface area contributed by atoms with Gasteiger partial charge in [-0.2, -0.15) is 0 Å². The number of hydrogen-bond acceptors (Lipinski definition) is 1. The average molecular weight is 340 g/mol. The van der Waals surface area contributed by atoms with Gasteiger partial charge in [-0.3, -0.25) is 4.79 Å². The Bertz CT molecular complexity index is 1040. The Morgan fingerprint density at radius 3 is 2.88 bits per heavy atom. The summed E-state index contributed by atoms with van der Waals surface area (Å²) >= 11 is 0. The minimum atomic E-state index is 0.222. The van der Waals surface area contributed by atoms with Crippen molar-refractivity contribution in [1.82, 2.24) is 0 Å². The summed E-state index contributed by atoms with van der Waals surface area (Å²) in [5, 5.41) is 2.60. The van der Waals surface area contributed by atoms with E-state index in [0.29, 0.717) is 11.7 Å². The van der Waals surface area contributed by atoms with E-state index < -0.39 is 0 Å². The van der Waals surface area contributed by atoms with Gasteiger partial charge in [-0.25, -0.2) is 0 Å². The van der Waals surface area contributed by atoms with Crippen LogP contribution in [0.15, 0.2) is 41.5 Å². The molecule has 0 saturated heterocycles. The number of aryl methyl sites for hydroxylation is 1. The first-order valence-corrected chi connectivity index (χ1v) is 10.6. The molecule has 4 atom stereocenters. The van der Waals surface area contributed by atoms with E-state index in [-0.39, 0.29) is 11.3 Å². The Morgan fingerprint density at radius 2 is 1.92 bits per heavy atom. The molecule has 7 rings (SSSR count). The maximum absolute atomic E-state index is 13.7. The second kappa shape index (κ2) is 4.50. The lowest BCUT2D eigenvalue weighted by Crippen LogP contribution is -2.38. The van der Waals surface area contributed by atoms with Crippen molar-refractivity contribution >= 4 is 16.6 Å². The summed E-state index contributed by atoms with van der Waals surface area (Å²) in [6, 6.07) is 11.7. The molecular formula is C25H24O. The fourth-order valence-electron chi connectivity index (χ4n) is 7.71. The topological polar surface area (TPSA) is 17.1 Å². The first kappa shape index (κ1) is 14.2. The maximum atomic E-state index is 13.7. The van der Waals surface area contributed by atoms with Crippen molar-refractivity contribution in [3.05, 3.63) is 58.2 Å². The Morgan fingerprint density at radius 1 is 0.962 bits per heavy atom. The van der Waals surface area contributed by atoms with Gasteiger partial charge < -0.3 is 0 Å². The first-order chi connectivity index (χ1) is 12.7. The molecule has 1 saturated carbocycles. The van der Waals surface area contributed by atoms with Gasteiger partial charge in [0.2, 0.25) is 0 Å². The van der Waals surface area contributed by atoms with Crippen molar-refractivity contribution in [3.8, 4) is 0 Å². The summed E-state index contributed by atoms with van der Waals surface area (Å²) in [5.41, 5.74) is 7.62. The van der Waals surface area contributed by atoms with Crippen LogP contribution in [0.4, 0.5) is 0 Å². The number of rotatable bonds is 0. The van der Waals surface area contributed by atoms with E-state index in [0.717, 1.165) is 24.3 Å². The molecule has 130 valence electrons. The van der Waals surface area contributed by atoms with E-state index in [4.69, 9.17) is 0 Å². The van der Waals surface area contributed by atoms with Crippen molar-refractivity contribution in [1.29, 1.82) is 0 Å². The van der Waals surface area contributed by atoms with Crippen LogP contribution in [0.1, 0.15) is 72.3 Å². The largest absolute Gasteiger partial charge is 0.294 e. The van der Waals surface area contributed by atoms with E-state index in [1.165, 1.54) is 60.4 Å². The normalized spacial score (nSPS) is 36.5. The third-order valence-electron chi connectivity index (χ3n) is 8.67. The summed E-state index contributed by atoms with van der Waals surface area (Å²) in [7, 11) is 0. The van der Waals surface area contributed by atoms with Crippen LogP contribution in [0.3, 0.4) is 0 Å². The van der Waals surface area contributed by atoms with E-state index in [2.05, 4.69) is 30.3 Å². The molecule has 9 bridgehead atoms. The van der Waals surface area contributed by atoms with Crippen molar-refractivity contribution in [2.24, 2.45) is 17.3 Å². The average Bonchev–Trinajstić information content (AvgIpc) is 3.24. The quantitative estimate of drug-likeness (QED) is 0.541. The van der Waals surface area contributed by atoms with Crippen LogP contribution in [-0.2, 0) is 6.42 Å². The van der Waals surface area contributed by atoms with Gasteiger partial charge in [-0.05, 0) is 85.3 Å². The highest BCUT2D eigenvalue weighted by molar-refractivity contribution is 6.04. The van der Waals surface area contributed by atoms with Gasteiger partial charge in [0, 0.05) is 22.8 Å². The number of fused-ring (bicyclic) bond motifs is 4. The highest BCUT2D eigenvalue weighted by atomic mass is 16.1. The molecule has 0 amide bonds. The highest BCUT2D eigenvalue weighted by Crippen LogP contribution is 2.68. The fourth-order valence-corrected chi connectivity index (χ4v) is 7.71. The molecule has 4 unspecified atom stereocenters. The second-order valence-electron chi connectivity index (χ2n) is 9.55. The number of hydrogen-bond donors (Lipinski definition) is 0. The predicted molar refractivity (Wildman–Crippen MR) is 103 cm³/mol. The molecular weight excluding hydrogens is 316 g/mol. The molecule has 2 aromatic rings. The van der Waals surface area contributed by atoms with E-state index in [9.17, 15) is 4.79 Å². The number of allylic oxidation sites excluding steroid dienone is 2. The van der Waals surface area contributed by atoms with E-state index >= 15 is 0 Å². The Kier molecular flexibility index (Phi) is 2.46. The number of benzene rings is 2. The fraction of sp³-hybridized carbons (Fsp3) is 0.480. The number of ketones is 1. The van der Waals surface area contributed by atoms with Crippen molar-refractivity contribution < 1.29 is 4.79 Å². The minimum Gasteiger partial charge on any atom is -0.294 e. The third kappa shape index (κ3) is 1.50. The highest BCUT2D eigenvalue weighted by Gasteiger charge is 2.58. The zero-order valence-corrected chi connectivity index (χ0v) is 15.2.